The lowest BCUT2D eigenvalue weighted by molar-refractivity contribution is 0.670. The summed E-state index contributed by atoms with van der Waals surface area (Å²) in [6, 6.07) is 87.0. The molecule has 296 valence electrons. The van der Waals surface area contributed by atoms with Crippen LogP contribution in [0.3, 0.4) is 0 Å². The minimum atomic E-state index is 0.876. The Morgan fingerprint density at radius 3 is 1.59 bits per heavy atom. The smallest absolute Gasteiger partial charge is 0.143 e. The molecule has 0 unspecified atom stereocenters. The number of aromatic nitrogens is 1. The predicted octanol–water partition coefficient (Wildman–Crippen LogP) is 16.8. The first-order valence-electron chi connectivity index (χ1n) is 21.5. The summed E-state index contributed by atoms with van der Waals surface area (Å²) in [4.78, 5) is 2.40. The third kappa shape index (κ3) is 6.29. The van der Waals surface area contributed by atoms with Gasteiger partial charge in [0.25, 0.3) is 0 Å². The standard InChI is InChI=1S/C60H40N2O/c1-3-16-41(17-4-1)45-20-15-21-48(40-45)61(46-34-30-42(31-35-46)43-32-36-47(37-33-43)62-56-27-12-7-22-50(56)51-23-8-13-28-57(51)62)55-26-11-9-24-52(55)53-39-38-49(44-18-5-2-6-19-44)60-59(53)54-25-10-14-29-58(54)63-60/h1-40H. The van der Waals surface area contributed by atoms with Crippen LogP contribution in [0.2, 0.25) is 0 Å². The Morgan fingerprint density at radius 2 is 0.873 bits per heavy atom. The molecule has 12 rings (SSSR count). The van der Waals surface area contributed by atoms with E-state index in [1.807, 2.05) is 6.07 Å². The van der Waals surface area contributed by atoms with Gasteiger partial charge in [0.2, 0.25) is 0 Å². The molecule has 0 spiro atoms. The van der Waals surface area contributed by atoms with Crippen LogP contribution in [0, 0.1) is 0 Å². The number of hydrogen-bond acceptors (Lipinski definition) is 2. The normalized spacial score (nSPS) is 11.5. The molecular weight excluding hydrogens is 765 g/mol. The summed E-state index contributed by atoms with van der Waals surface area (Å²) in [6.07, 6.45) is 0. The van der Waals surface area contributed by atoms with Crippen LogP contribution in [-0.2, 0) is 0 Å². The van der Waals surface area contributed by atoms with Gasteiger partial charge in [-0.25, -0.2) is 0 Å². The molecular formula is C60H40N2O. The Morgan fingerprint density at radius 1 is 0.333 bits per heavy atom. The molecule has 0 aliphatic rings. The molecule has 0 bridgehead atoms. The molecule has 0 atom stereocenters. The van der Waals surface area contributed by atoms with E-state index in [1.165, 1.54) is 27.4 Å². The van der Waals surface area contributed by atoms with Gasteiger partial charge in [-0.2, -0.15) is 0 Å². The second kappa shape index (κ2) is 15.3. The fourth-order valence-electron chi connectivity index (χ4n) is 9.48. The minimum absolute atomic E-state index is 0.876. The fraction of sp³-hybridized carbons (Fsp3) is 0. The van der Waals surface area contributed by atoms with Gasteiger partial charge in [-0.3, -0.25) is 0 Å². The van der Waals surface area contributed by atoms with Crippen LogP contribution in [0.25, 0.3) is 93.9 Å². The van der Waals surface area contributed by atoms with Gasteiger partial charge in [-0.05, 0) is 100 Å². The molecule has 0 aliphatic carbocycles. The maximum absolute atomic E-state index is 6.74. The van der Waals surface area contributed by atoms with Crippen molar-refractivity contribution in [1.82, 2.24) is 4.57 Å². The van der Waals surface area contributed by atoms with E-state index in [0.717, 1.165) is 83.6 Å². The van der Waals surface area contributed by atoms with Crippen LogP contribution in [0.4, 0.5) is 17.1 Å². The molecule has 63 heavy (non-hydrogen) atoms. The Hall–Kier alpha value is -8.40. The summed E-state index contributed by atoms with van der Waals surface area (Å²) < 4.78 is 9.11. The average molecular weight is 805 g/mol. The Kier molecular flexibility index (Phi) is 8.83. The molecule has 3 nitrogen and oxygen atoms in total. The number of benzene rings is 10. The van der Waals surface area contributed by atoms with E-state index >= 15 is 0 Å². The second-order valence-electron chi connectivity index (χ2n) is 16.1. The zero-order chi connectivity index (χ0) is 41.7. The number of nitrogens with zero attached hydrogens (tertiary/aromatic N) is 2. The summed E-state index contributed by atoms with van der Waals surface area (Å²) in [7, 11) is 0. The maximum Gasteiger partial charge on any atom is 0.143 e. The molecule has 0 saturated heterocycles. The summed E-state index contributed by atoms with van der Waals surface area (Å²) in [5.41, 5.74) is 17.6. The molecule has 0 fully saturated rings. The van der Waals surface area contributed by atoms with Gasteiger partial charge in [0.15, 0.2) is 0 Å². The lowest BCUT2D eigenvalue weighted by Gasteiger charge is -2.28. The van der Waals surface area contributed by atoms with Crippen molar-refractivity contribution in [3.63, 3.8) is 0 Å². The highest BCUT2D eigenvalue weighted by molar-refractivity contribution is 6.17. The van der Waals surface area contributed by atoms with Crippen molar-refractivity contribution in [2.75, 3.05) is 4.90 Å². The second-order valence-corrected chi connectivity index (χ2v) is 16.1. The van der Waals surface area contributed by atoms with E-state index < -0.39 is 0 Å². The van der Waals surface area contributed by atoms with Crippen molar-refractivity contribution in [2.24, 2.45) is 0 Å². The highest BCUT2D eigenvalue weighted by Gasteiger charge is 2.23. The van der Waals surface area contributed by atoms with E-state index in [0.29, 0.717) is 0 Å². The topological polar surface area (TPSA) is 21.3 Å². The van der Waals surface area contributed by atoms with Gasteiger partial charge in [-0.1, -0.05) is 176 Å². The van der Waals surface area contributed by atoms with E-state index in [2.05, 4.69) is 246 Å². The quantitative estimate of drug-likeness (QED) is 0.153. The maximum atomic E-state index is 6.74. The van der Waals surface area contributed by atoms with Gasteiger partial charge in [0.05, 0.1) is 16.7 Å². The highest BCUT2D eigenvalue weighted by atomic mass is 16.3. The van der Waals surface area contributed by atoms with Crippen LogP contribution in [0.5, 0.6) is 0 Å². The van der Waals surface area contributed by atoms with Crippen LogP contribution in [-0.4, -0.2) is 4.57 Å². The Bertz CT molecular complexity index is 3550. The lowest BCUT2D eigenvalue weighted by atomic mass is 9.93. The van der Waals surface area contributed by atoms with Gasteiger partial charge < -0.3 is 13.9 Å². The van der Waals surface area contributed by atoms with E-state index in [9.17, 15) is 0 Å². The van der Waals surface area contributed by atoms with Crippen LogP contribution < -0.4 is 4.90 Å². The lowest BCUT2D eigenvalue weighted by Crippen LogP contribution is -2.11. The third-order valence-corrected chi connectivity index (χ3v) is 12.4. The predicted molar refractivity (Wildman–Crippen MR) is 264 cm³/mol. The number of furan rings is 1. The van der Waals surface area contributed by atoms with Crippen molar-refractivity contribution >= 4 is 60.8 Å². The third-order valence-electron chi connectivity index (χ3n) is 12.4. The average Bonchev–Trinajstić information content (AvgIpc) is 3.92. The molecule has 0 aliphatic heterocycles. The van der Waals surface area contributed by atoms with Crippen molar-refractivity contribution in [2.45, 2.75) is 0 Å². The molecule has 0 saturated carbocycles. The summed E-state index contributed by atoms with van der Waals surface area (Å²) in [5.74, 6) is 0. The number of hydrogen-bond donors (Lipinski definition) is 0. The summed E-state index contributed by atoms with van der Waals surface area (Å²) in [5, 5.41) is 4.73. The summed E-state index contributed by atoms with van der Waals surface area (Å²) in [6.45, 7) is 0. The van der Waals surface area contributed by atoms with Crippen molar-refractivity contribution in [3.8, 4) is 50.2 Å². The van der Waals surface area contributed by atoms with E-state index in [1.54, 1.807) is 0 Å². The van der Waals surface area contributed by atoms with Crippen LogP contribution >= 0.6 is 0 Å². The van der Waals surface area contributed by atoms with Crippen LogP contribution in [0.1, 0.15) is 0 Å². The molecule has 0 N–H and O–H groups in total. The largest absolute Gasteiger partial charge is 0.455 e. The molecule has 0 radical (unpaired) electrons. The number of fused-ring (bicyclic) bond motifs is 6. The monoisotopic (exact) mass is 804 g/mol. The van der Waals surface area contributed by atoms with Crippen molar-refractivity contribution in [3.05, 3.63) is 243 Å². The van der Waals surface area contributed by atoms with E-state index in [4.69, 9.17) is 4.42 Å². The first-order valence-corrected chi connectivity index (χ1v) is 21.5. The van der Waals surface area contributed by atoms with Crippen LogP contribution in [0.15, 0.2) is 247 Å². The zero-order valence-corrected chi connectivity index (χ0v) is 34.4. The Balaban J connectivity index is 0.991. The first-order chi connectivity index (χ1) is 31.3. The number of rotatable bonds is 8. The molecule has 2 heterocycles. The van der Waals surface area contributed by atoms with Gasteiger partial charge in [0, 0.05) is 49.7 Å². The van der Waals surface area contributed by atoms with Crippen molar-refractivity contribution < 1.29 is 4.42 Å². The summed E-state index contributed by atoms with van der Waals surface area (Å²) >= 11 is 0. The van der Waals surface area contributed by atoms with E-state index in [-0.39, 0.29) is 0 Å². The molecule has 12 aromatic rings. The molecule has 2 aromatic heterocycles. The van der Waals surface area contributed by atoms with Gasteiger partial charge >= 0.3 is 0 Å². The molecule has 3 heteroatoms. The van der Waals surface area contributed by atoms with Gasteiger partial charge in [0.1, 0.15) is 11.2 Å². The van der Waals surface area contributed by atoms with Crippen molar-refractivity contribution in [1.29, 1.82) is 0 Å². The first kappa shape index (κ1) is 36.5. The fourth-order valence-corrected chi connectivity index (χ4v) is 9.48. The van der Waals surface area contributed by atoms with Gasteiger partial charge in [-0.15, -0.1) is 0 Å². The highest BCUT2D eigenvalue weighted by Crippen LogP contribution is 2.47. The molecule has 10 aromatic carbocycles. The minimum Gasteiger partial charge on any atom is -0.455 e. The zero-order valence-electron chi connectivity index (χ0n) is 34.4. The number of para-hydroxylation sites is 4. The Labute approximate surface area is 366 Å². The number of anilines is 3. The molecule has 0 amide bonds. The SMILES string of the molecule is c1ccc(-c2cccc(N(c3ccc(-c4ccc(-n5c6ccccc6c6ccccc65)cc4)cc3)c3ccccc3-c3ccc(-c4ccccc4)c4oc5ccccc5c34)c2)cc1.